The average Bonchev–Trinajstić information content (AvgIpc) is 2.44. The van der Waals surface area contributed by atoms with Crippen LogP contribution in [0.2, 0.25) is 0 Å². The Bertz CT molecular complexity index is 641. The number of Topliss-reactive ketones (excluding diaryl/α,β-unsaturated/α-hetero) is 1. The summed E-state index contributed by atoms with van der Waals surface area (Å²) in [5, 5.41) is 1.92. The van der Waals surface area contributed by atoms with Crippen molar-refractivity contribution in [3.05, 3.63) is 60.2 Å². The molecule has 0 atom stereocenters. The lowest BCUT2D eigenvalue weighted by molar-refractivity contribution is 0.100. The van der Waals surface area contributed by atoms with Crippen molar-refractivity contribution in [2.45, 2.75) is 0 Å². The van der Waals surface area contributed by atoms with E-state index in [1.54, 1.807) is 12.2 Å². The first-order valence-corrected chi connectivity index (χ1v) is 5.76. The molecular formula is C16H15NO. The zero-order chi connectivity index (χ0) is 13.1. The molecule has 2 aromatic carbocycles. The van der Waals surface area contributed by atoms with Gasteiger partial charge in [0, 0.05) is 5.56 Å². The van der Waals surface area contributed by atoms with Crippen LogP contribution in [0.25, 0.3) is 22.9 Å². The molecule has 2 rings (SSSR count). The zero-order valence-electron chi connectivity index (χ0n) is 10.1. The van der Waals surface area contributed by atoms with Crippen LogP contribution in [0.5, 0.6) is 0 Å². The van der Waals surface area contributed by atoms with Crippen LogP contribution in [0, 0.1) is 0 Å². The molecule has 0 aromatic heterocycles. The smallest absolute Gasteiger partial charge is 0.177 e. The van der Waals surface area contributed by atoms with Gasteiger partial charge in [-0.05, 0) is 28.0 Å². The van der Waals surface area contributed by atoms with E-state index in [1.165, 1.54) is 0 Å². The Morgan fingerprint density at radius 2 is 1.94 bits per heavy atom. The fourth-order valence-corrected chi connectivity index (χ4v) is 2.18. The summed E-state index contributed by atoms with van der Waals surface area (Å²) in [4.78, 5) is 12.1. The monoisotopic (exact) mass is 237 g/mol. The second-order valence-corrected chi connectivity index (χ2v) is 4.01. The largest absolute Gasteiger partial charge is 0.324 e. The summed E-state index contributed by atoms with van der Waals surface area (Å²) >= 11 is 0. The molecule has 0 bridgehead atoms. The van der Waals surface area contributed by atoms with E-state index in [1.807, 2.05) is 30.3 Å². The van der Waals surface area contributed by atoms with Crippen molar-refractivity contribution in [1.29, 1.82) is 0 Å². The molecule has 90 valence electrons. The van der Waals surface area contributed by atoms with Crippen LogP contribution in [0.1, 0.15) is 21.5 Å². The van der Waals surface area contributed by atoms with Crippen LogP contribution in [0.4, 0.5) is 0 Å². The van der Waals surface area contributed by atoms with Gasteiger partial charge in [0.05, 0.1) is 6.54 Å². The first-order chi connectivity index (χ1) is 8.72. The van der Waals surface area contributed by atoms with Crippen LogP contribution in [0.3, 0.4) is 0 Å². The summed E-state index contributed by atoms with van der Waals surface area (Å²) in [5.74, 6) is -0.0789. The molecule has 2 aromatic rings. The summed E-state index contributed by atoms with van der Waals surface area (Å²) in [6.07, 6.45) is 3.42. The lowest BCUT2D eigenvalue weighted by atomic mass is 9.91. The summed E-state index contributed by atoms with van der Waals surface area (Å²) in [5.41, 5.74) is 7.85. The Labute approximate surface area is 106 Å². The van der Waals surface area contributed by atoms with Crippen LogP contribution in [-0.4, -0.2) is 12.3 Å². The van der Waals surface area contributed by atoms with Gasteiger partial charge in [-0.3, -0.25) is 4.79 Å². The fourth-order valence-electron chi connectivity index (χ4n) is 2.18. The highest BCUT2D eigenvalue weighted by Crippen LogP contribution is 2.28. The average molecular weight is 237 g/mol. The molecule has 0 aliphatic rings. The number of hydrogen-bond donors (Lipinski definition) is 1. The molecule has 0 radical (unpaired) electrons. The molecule has 2 nitrogen and oxygen atoms in total. The van der Waals surface area contributed by atoms with E-state index in [0.717, 1.165) is 21.9 Å². The maximum Gasteiger partial charge on any atom is 0.177 e. The molecule has 0 aliphatic carbocycles. The summed E-state index contributed by atoms with van der Waals surface area (Å²) in [6.45, 7) is 7.56. The van der Waals surface area contributed by atoms with Gasteiger partial charge in [-0.2, -0.15) is 0 Å². The van der Waals surface area contributed by atoms with E-state index >= 15 is 0 Å². The quantitative estimate of drug-likeness (QED) is 0.829. The van der Waals surface area contributed by atoms with E-state index < -0.39 is 0 Å². The van der Waals surface area contributed by atoms with E-state index in [2.05, 4.69) is 13.2 Å². The van der Waals surface area contributed by atoms with Crippen molar-refractivity contribution in [1.82, 2.24) is 0 Å². The summed E-state index contributed by atoms with van der Waals surface area (Å²) in [6, 6.07) is 9.77. The molecule has 0 spiro atoms. The van der Waals surface area contributed by atoms with Gasteiger partial charge >= 0.3 is 0 Å². The van der Waals surface area contributed by atoms with Gasteiger partial charge in [0.2, 0.25) is 0 Å². The minimum atomic E-state index is -0.0789. The number of ketones is 1. The van der Waals surface area contributed by atoms with Gasteiger partial charge in [0.15, 0.2) is 5.78 Å². The SMILES string of the molecule is C=Cc1cc2ccccc2c(C(=O)CN)c1C=C. The molecule has 2 heteroatoms. The second-order valence-electron chi connectivity index (χ2n) is 4.01. The van der Waals surface area contributed by atoms with Crippen molar-refractivity contribution < 1.29 is 4.79 Å². The van der Waals surface area contributed by atoms with Crippen molar-refractivity contribution in [3.63, 3.8) is 0 Å². The molecule has 18 heavy (non-hydrogen) atoms. The van der Waals surface area contributed by atoms with Crippen LogP contribution < -0.4 is 5.73 Å². The highest BCUT2D eigenvalue weighted by atomic mass is 16.1. The molecule has 0 unspecified atom stereocenters. The minimum absolute atomic E-state index is 0.00850. The Morgan fingerprint density at radius 1 is 1.22 bits per heavy atom. The molecule has 0 saturated carbocycles. The maximum atomic E-state index is 12.1. The Kier molecular flexibility index (Phi) is 3.40. The Hall–Kier alpha value is -2.19. The maximum absolute atomic E-state index is 12.1. The van der Waals surface area contributed by atoms with Gasteiger partial charge in [0.25, 0.3) is 0 Å². The number of carbonyl (C=O) groups is 1. The third-order valence-corrected chi connectivity index (χ3v) is 3.01. The van der Waals surface area contributed by atoms with E-state index in [9.17, 15) is 4.79 Å². The zero-order valence-corrected chi connectivity index (χ0v) is 10.1. The van der Waals surface area contributed by atoms with Gasteiger partial charge in [-0.1, -0.05) is 49.6 Å². The van der Waals surface area contributed by atoms with E-state index in [4.69, 9.17) is 5.73 Å². The molecular weight excluding hydrogens is 222 g/mol. The van der Waals surface area contributed by atoms with Crippen molar-refractivity contribution in [2.75, 3.05) is 6.54 Å². The van der Waals surface area contributed by atoms with Crippen LogP contribution >= 0.6 is 0 Å². The first-order valence-electron chi connectivity index (χ1n) is 5.76. The van der Waals surface area contributed by atoms with E-state index in [0.29, 0.717) is 5.56 Å². The number of benzene rings is 2. The standard InChI is InChI=1S/C16H15NO/c1-3-11-9-12-7-5-6-8-14(12)16(13(11)4-2)15(18)10-17/h3-9H,1-2,10,17H2. The Balaban J connectivity index is 2.95. The van der Waals surface area contributed by atoms with Gasteiger partial charge in [-0.25, -0.2) is 0 Å². The number of rotatable bonds is 4. The lowest BCUT2D eigenvalue weighted by Gasteiger charge is -2.12. The van der Waals surface area contributed by atoms with Gasteiger partial charge < -0.3 is 5.73 Å². The predicted molar refractivity (Wildman–Crippen MR) is 77.5 cm³/mol. The van der Waals surface area contributed by atoms with Gasteiger partial charge in [0.1, 0.15) is 0 Å². The highest BCUT2D eigenvalue weighted by Gasteiger charge is 2.15. The fraction of sp³-hybridized carbons (Fsp3) is 0.0625. The molecule has 0 saturated heterocycles. The normalized spacial score (nSPS) is 10.3. The third-order valence-electron chi connectivity index (χ3n) is 3.01. The van der Waals surface area contributed by atoms with E-state index in [-0.39, 0.29) is 12.3 Å². The number of hydrogen-bond acceptors (Lipinski definition) is 2. The minimum Gasteiger partial charge on any atom is -0.324 e. The molecule has 0 fully saturated rings. The summed E-state index contributed by atoms with van der Waals surface area (Å²) in [7, 11) is 0. The Morgan fingerprint density at radius 3 is 2.56 bits per heavy atom. The number of carbonyl (C=O) groups excluding carboxylic acids is 1. The van der Waals surface area contributed by atoms with Crippen molar-refractivity contribution in [3.8, 4) is 0 Å². The number of nitrogens with two attached hydrogens (primary N) is 1. The van der Waals surface area contributed by atoms with Crippen LogP contribution in [-0.2, 0) is 0 Å². The topological polar surface area (TPSA) is 43.1 Å². The van der Waals surface area contributed by atoms with Crippen LogP contribution in [0.15, 0.2) is 43.5 Å². The highest BCUT2D eigenvalue weighted by molar-refractivity contribution is 6.12. The summed E-state index contributed by atoms with van der Waals surface area (Å²) < 4.78 is 0. The number of fused-ring (bicyclic) bond motifs is 1. The molecule has 0 amide bonds. The third kappa shape index (κ3) is 1.87. The first kappa shape index (κ1) is 12.3. The van der Waals surface area contributed by atoms with Gasteiger partial charge in [-0.15, -0.1) is 0 Å². The molecule has 0 heterocycles. The lowest BCUT2D eigenvalue weighted by Crippen LogP contribution is -2.15. The second kappa shape index (κ2) is 4.98. The molecule has 0 aliphatic heterocycles. The molecule has 2 N–H and O–H groups in total. The van der Waals surface area contributed by atoms with Crippen molar-refractivity contribution >= 4 is 28.7 Å². The predicted octanol–water partition coefficient (Wildman–Crippen LogP) is 3.27. The van der Waals surface area contributed by atoms with Crippen molar-refractivity contribution in [2.24, 2.45) is 5.73 Å².